The van der Waals surface area contributed by atoms with E-state index in [4.69, 9.17) is 0 Å². The largest absolute Gasteiger partial charge is 0.340 e. The lowest BCUT2D eigenvalue weighted by atomic mass is 9.94. The molecule has 1 saturated heterocycles. The van der Waals surface area contributed by atoms with Crippen LogP contribution in [0, 0.1) is 11.8 Å². The van der Waals surface area contributed by atoms with Crippen molar-refractivity contribution in [1.29, 1.82) is 0 Å². The fraction of sp³-hybridized carbons (Fsp3) is 0.409. The van der Waals surface area contributed by atoms with Gasteiger partial charge in [0.25, 0.3) is 5.91 Å². The Kier molecular flexibility index (Phi) is 7.04. The maximum atomic E-state index is 13.2. The van der Waals surface area contributed by atoms with E-state index in [0.717, 1.165) is 18.5 Å². The first kappa shape index (κ1) is 21.0. The number of nitrogens with one attached hydrogen (secondary N) is 2. The summed E-state index contributed by atoms with van der Waals surface area (Å²) < 4.78 is 0. The van der Waals surface area contributed by atoms with E-state index in [0.29, 0.717) is 18.0 Å². The van der Waals surface area contributed by atoms with Gasteiger partial charge in [0.05, 0.1) is 10.8 Å². The first-order valence-corrected chi connectivity index (χ1v) is 10.8. The lowest BCUT2D eigenvalue weighted by Gasteiger charge is -2.35. The fourth-order valence-corrected chi connectivity index (χ4v) is 4.11. The van der Waals surface area contributed by atoms with Gasteiger partial charge in [-0.2, -0.15) is 0 Å². The minimum Gasteiger partial charge on any atom is -0.340 e. The number of para-hydroxylation sites is 1. The monoisotopic (exact) mass is 413 g/mol. The number of hydrogen-bond acceptors (Lipinski definition) is 4. The van der Waals surface area contributed by atoms with Crippen molar-refractivity contribution in [2.24, 2.45) is 11.8 Å². The van der Waals surface area contributed by atoms with Gasteiger partial charge in [-0.15, -0.1) is 11.3 Å². The molecule has 1 aliphatic heterocycles. The van der Waals surface area contributed by atoms with E-state index in [-0.39, 0.29) is 29.6 Å². The van der Waals surface area contributed by atoms with Crippen molar-refractivity contribution >= 4 is 34.7 Å². The number of hydrogen-bond donors (Lipinski definition) is 2. The summed E-state index contributed by atoms with van der Waals surface area (Å²) in [5, 5.41) is 7.64. The minimum absolute atomic E-state index is 0.0510. The smallest absolute Gasteiger partial charge is 0.262 e. The molecule has 1 fully saturated rings. The predicted molar refractivity (Wildman–Crippen MR) is 115 cm³/mol. The fourth-order valence-electron chi connectivity index (χ4n) is 3.49. The average molecular weight is 414 g/mol. The maximum absolute atomic E-state index is 13.2. The number of thiophene rings is 1. The second-order valence-electron chi connectivity index (χ2n) is 7.65. The molecule has 0 radical (unpaired) electrons. The van der Waals surface area contributed by atoms with Crippen LogP contribution in [-0.4, -0.2) is 41.8 Å². The van der Waals surface area contributed by atoms with Gasteiger partial charge < -0.3 is 15.5 Å². The molecule has 154 valence electrons. The van der Waals surface area contributed by atoms with Crippen molar-refractivity contribution in [3.63, 3.8) is 0 Å². The zero-order chi connectivity index (χ0) is 20.8. The summed E-state index contributed by atoms with van der Waals surface area (Å²) in [6, 6.07) is 12.3. The highest BCUT2D eigenvalue weighted by Crippen LogP contribution is 2.21. The Morgan fingerprint density at radius 3 is 2.52 bits per heavy atom. The van der Waals surface area contributed by atoms with Crippen molar-refractivity contribution < 1.29 is 14.4 Å². The zero-order valence-corrected chi connectivity index (χ0v) is 17.6. The highest BCUT2D eigenvalue weighted by Gasteiger charge is 2.34. The molecule has 1 aliphatic rings. The van der Waals surface area contributed by atoms with Crippen LogP contribution in [0.3, 0.4) is 0 Å². The summed E-state index contributed by atoms with van der Waals surface area (Å²) >= 11 is 1.35. The van der Waals surface area contributed by atoms with Crippen LogP contribution in [0.15, 0.2) is 47.8 Å². The zero-order valence-electron chi connectivity index (χ0n) is 16.8. The SMILES string of the molecule is CC(C)[C@H](NC(=O)c1cccs1)C(=O)N1CCC[C@@H](C(=O)Nc2ccccc2)C1. The third kappa shape index (κ3) is 5.44. The molecule has 6 nitrogen and oxygen atoms in total. The molecular formula is C22H27N3O3S. The Bertz CT molecular complexity index is 836. The number of likely N-dealkylation sites (tertiary alicyclic amines) is 1. The molecule has 3 rings (SSSR count). The van der Waals surface area contributed by atoms with Gasteiger partial charge in [0, 0.05) is 18.8 Å². The summed E-state index contributed by atoms with van der Waals surface area (Å²) in [6.07, 6.45) is 1.51. The molecule has 7 heteroatoms. The summed E-state index contributed by atoms with van der Waals surface area (Å²) in [4.78, 5) is 40.6. The van der Waals surface area contributed by atoms with Crippen molar-refractivity contribution in [2.45, 2.75) is 32.7 Å². The normalized spacial score (nSPS) is 17.6. The molecule has 2 heterocycles. The molecule has 0 bridgehead atoms. The Balaban J connectivity index is 1.63. The highest BCUT2D eigenvalue weighted by atomic mass is 32.1. The lowest BCUT2D eigenvalue weighted by molar-refractivity contribution is -0.137. The minimum atomic E-state index is -0.611. The quantitative estimate of drug-likeness (QED) is 0.762. The number of rotatable bonds is 6. The summed E-state index contributed by atoms with van der Waals surface area (Å²) in [5.41, 5.74) is 0.754. The topological polar surface area (TPSA) is 78.5 Å². The van der Waals surface area contributed by atoms with Crippen LogP contribution >= 0.6 is 11.3 Å². The van der Waals surface area contributed by atoms with Crippen LogP contribution in [0.4, 0.5) is 5.69 Å². The van der Waals surface area contributed by atoms with E-state index in [1.54, 1.807) is 11.0 Å². The Hall–Kier alpha value is -2.67. The molecule has 3 amide bonds. The number of carbonyl (C=O) groups excluding carboxylic acids is 3. The number of anilines is 1. The molecule has 2 N–H and O–H groups in total. The third-order valence-electron chi connectivity index (χ3n) is 5.11. The van der Waals surface area contributed by atoms with Crippen molar-refractivity contribution in [1.82, 2.24) is 10.2 Å². The van der Waals surface area contributed by atoms with Gasteiger partial charge in [-0.25, -0.2) is 0 Å². The molecule has 2 aromatic rings. The molecule has 0 unspecified atom stereocenters. The van der Waals surface area contributed by atoms with E-state index < -0.39 is 6.04 Å². The molecule has 0 saturated carbocycles. The van der Waals surface area contributed by atoms with Crippen LogP contribution < -0.4 is 10.6 Å². The Morgan fingerprint density at radius 1 is 1.10 bits per heavy atom. The molecular weight excluding hydrogens is 386 g/mol. The van der Waals surface area contributed by atoms with Crippen LogP contribution in [0.25, 0.3) is 0 Å². The van der Waals surface area contributed by atoms with Gasteiger partial charge in [-0.1, -0.05) is 38.1 Å². The molecule has 1 aromatic carbocycles. The highest BCUT2D eigenvalue weighted by molar-refractivity contribution is 7.12. The second-order valence-corrected chi connectivity index (χ2v) is 8.60. The maximum Gasteiger partial charge on any atom is 0.262 e. The average Bonchev–Trinajstić information content (AvgIpc) is 3.27. The van der Waals surface area contributed by atoms with Crippen LogP contribution in [0.1, 0.15) is 36.4 Å². The van der Waals surface area contributed by atoms with Gasteiger partial charge in [0.2, 0.25) is 11.8 Å². The van der Waals surface area contributed by atoms with Crippen LogP contribution in [0.2, 0.25) is 0 Å². The van der Waals surface area contributed by atoms with Gasteiger partial charge in [-0.3, -0.25) is 14.4 Å². The van der Waals surface area contributed by atoms with Crippen molar-refractivity contribution in [3.8, 4) is 0 Å². The molecule has 29 heavy (non-hydrogen) atoms. The first-order chi connectivity index (χ1) is 14.0. The van der Waals surface area contributed by atoms with E-state index in [2.05, 4.69) is 10.6 Å². The lowest BCUT2D eigenvalue weighted by Crippen LogP contribution is -2.54. The predicted octanol–water partition coefficient (Wildman–Crippen LogP) is 3.38. The van der Waals surface area contributed by atoms with Gasteiger partial charge >= 0.3 is 0 Å². The van der Waals surface area contributed by atoms with Crippen molar-refractivity contribution in [2.75, 3.05) is 18.4 Å². The summed E-state index contributed by atoms with van der Waals surface area (Å²) in [6.45, 7) is 4.81. The number of carbonyl (C=O) groups is 3. The van der Waals surface area contributed by atoms with E-state index >= 15 is 0 Å². The van der Waals surface area contributed by atoms with Gasteiger partial charge in [0.15, 0.2) is 0 Å². The number of benzene rings is 1. The number of piperidine rings is 1. The Labute approximate surface area is 175 Å². The number of amides is 3. The summed E-state index contributed by atoms with van der Waals surface area (Å²) in [7, 11) is 0. The molecule has 0 aliphatic carbocycles. The van der Waals surface area contributed by atoms with Gasteiger partial charge in [0.1, 0.15) is 6.04 Å². The standard InChI is InChI=1S/C22H27N3O3S/c1-15(2)19(24-21(27)18-11-7-13-29-18)22(28)25-12-6-8-16(14-25)20(26)23-17-9-4-3-5-10-17/h3-5,7,9-11,13,15-16,19H,6,8,12,14H2,1-2H3,(H,23,26)(H,24,27)/t16-,19+/m1/s1. The molecule has 1 aromatic heterocycles. The summed E-state index contributed by atoms with van der Waals surface area (Å²) in [5.74, 6) is -0.736. The number of nitrogens with zero attached hydrogens (tertiary/aromatic N) is 1. The van der Waals surface area contributed by atoms with Crippen LogP contribution in [-0.2, 0) is 9.59 Å². The van der Waals surface area contributed by atoms with E-state index in [1.165, 1.54) is 11.3 Å². The van der Waals surface area contributed by atoms with E-state index in [9.17, 15) is 14.4 Å². The molecule has 2 atom stereocenters. The molecule has 0 spiro atoms. The van der Waals surface area contributed by atoms with Crippen molar-refractivity contribution in [3.05, 3.63) is 52.7 Å². The van der Waals surface area contributed by atoms with Crippen LogP contribution in [0.5, 0.6) is 0 Å². The third-order valence-corrected chi connectivity index (χ3v) is 5.98. The van der Waals surface area contributed by atoms with Gasteiger partial charge in [-0.05, 0) is 42.3 Å². The Morgan fingerprint density at radius 2 is 1.86 bits per heavy atom. The van der Waals surface area contributed by atoms with E-state index in [1.807, 2.05) is 55.6 Å². The second kappa shape index (κ2) is 9.69. The first-order valence-electron chi connectivity index (χ1n) is 9.94.